The standard InChI is InChI=1S/C18H28N2O2/c1-13(17(21)20-15-9-11-19-12-10-15)22-16-7-5-14(6-8-16)18(2,3)4/h5-8,13,15,19H,9-12H2,1-4H3,(H,20,21). The Hall–Kier alpha value is -1.55. The molecule has 1 atom stereocenters. The molecule has 1 aliphatic rings. The van der Waals surface area contributed by atoms with Crippen LogP contribution in [0.5, 0.6) is 5.75 Å². The number of carbonyl (C=O) groups excluding carboxylic acids is 1. The lowest BCUT2D eigenvalue weighted by Crippen LogP contribution is -2.46. The topological polar surface area (TPSA) is 50.4 Å². The molecule has 1 aromatic rings. The minimum absolute atomic E-state index is 0.0354. The summed E-state index contributed by atoms with van der Waals surface area (Å²) >= 11 is 0. The lowest BCUT2D eigenvalue weighted by atomic mass is 9.87. The van der Waals surface area contributed by atoms with Crippen LogP contribution in [0.4, 0.5) is 0 Å². The van der Waals surface area contributed by atoms with Crippen molar-refractivity contribution in [2.45, 2.75) is 58.1 Å². The van der Waals surface area contributed by atoms with Crippen LogP contribution in [0, 0.1) is 0 Å². The van der Waals surface area contributed by atoms with Gasteiger partial charge in [0.05, 0.1) is 0 Å². The van der Waals surface area contributed by atoms with E-state index in [1.807, 2.05) is 12.1 Å². The number of hydrogen-bond donors (Lipinski definition) is 2. The third-order valence-corrected chi connectivity index (χ3v) is 4.09. The van der Waals surface area contributed by atoms with E-state index in [1.165, 1.54) is 5.56 Å². The molecular weight excluding hydrogens is 276 g/mol. The van der Waals surface area contributed by atoms with Crippen molar-refractivity contribution in [2.24, 2.45) is 0 Å². The second-order valence-corrected chi connectivity index (χ2v) is 7.07. The number of hydrogen-bond acceptors (Lipinski definition) is 3. The molecule has 1 fully saturated rings. The van der Waals surface area contributed by atoms with Gasteiger partial charge in [-0.15, -0.1) is 0 Å². The molecule has 0 aliphatic carbocycles. The summed E-state index contributed by atoms with van der Waals surface area (Å²) in [6.07, 6.45) is 1.49. The van der Waals surface area contributed by atoms with Gasteiger partial charge >= 0.3 is 0 Å². The van der Waals surface area contributed by atoms with E-state index in [-0.39, 0.29) is 17.4 Å². The molecule has 2 rings (SSSR count). The van der Waals surface area contributed by atoms with Crippen LogP contribution in [0.1, 0.15) is 46.1 Å². The van der Waals surface area contributed by atoms with Crippen molar-refractivity contribution in [3.63, 3.8) is 0 Å². The van der Waals surface area contributed by atoms with Gasteiger partial charge in [-0.1, -0.05) is 32.9 Å². The number of benzene rings is 1. The summed E-state index contributed by atoms with van der Waals surface area (Å²) < 4.78 is 5.76. The van der Waals surface area contributed by atoms with E-state index in [9.17, 15) is 4.79 Å². The van der Waals surface area contributed by atoms with Crippen molar-refractivity contribution in [2.75, 3.05) is 13.1 Å². The van der Waals surface area contributed by atoms with Gasteiger partial charge in [0.25, 0.3) is 5.91 Å². The predicted octanol–water partition coefficient (Wildman–Crippen LogP) is 2.62. The van der Waals surface area contributed by atoms with Crippen LogP contribution < -0.4 is 15.4 Å². The van der Waals surface area contributed by atoms with E-state index < -0.39 is 6.10 Å². The number of carbonyl (C=O) groups is 1. The van der Waals surface area contributed by atoms with Crippen LogP contribution in [0.3, 0.4) is 0 Å². The first-order valence-electron chi connectivity index (χ1n) is 8.14. The molecule has 1 amide bonds. The first-order chi connectivity index (χ1) is 10.4. The van der Waals surface area contributed by atoms with Gasteiger partial charge in [0.2, 0.25) is 0 Å². The zero-order chi connectivity index (χ0) is 16.2. The highest BCUT2D eigenvalue weighted by Crippen LogP contribution is 2.24. The molecule has 0 bridgehead atoms. The molecule has 0 saturated carbocycles. The summed E-state index contributed by atoms with van der Waals surface area (Å²) in [5.74, 6) is 0.702. The number of ether oxygens (including phenoxy) is 1. The SMILES string of the molecule is CC(Oc1ccc(C(C)(C)C)cc1)C(=O)NC1CCNCC1. The van der Waals surface area contributed by atoms with Gasteiger partial charge in [-0.2, -0.15) is 0 Å². The highest BCUT2D eigenvalue weighted by atomic mass is 16.5. The van der Waals surface area contributed by atoms with Crippen LogP contribution in [0.15, 0.2) is 24.3 Å². The largest absolute Gasteiger partial charge is 0.481 e. The van der Waals surface area contributed by atoms with Gasteiger partial charge in [0.1, 0.15) is 5.75 Å². The van der Waals surface area contributed by atoms with Gasteiger partial charge in [-0.05, 0) is 56.0 Å². The molecule has 22 heavy (non-hydrogen) atoms. The minimum Gasteiger partial charge on any atom is -0.481 e. The first-order valence-corrected chi connectivity index (χ1v) is 8.14. The fourth-order valence-corrected chi connectivity index (χ4v) is 2.58. The zero-order valence-electron chi connectivity index (χ0n) is 14.1. The van der Waals surface area contributed by atoms with Gasteiger partial charge in [0, 0.05) is 6.04 Å². The maximum Gasteiger partial charge on any atom is 0.260 e. The Kier molecular flexibility index (Phi) is 5.46. The van der Waals surface area contributed by atoms with E-state index in [0.717, 1.165) is 31.7 Å². The average Bonchev–Trinajstić information content (AvgIpc) is 2.48. The van der Waals surface area contributed by atoms with E-state index >= 15 is 0 Å². The predicted molar refractivity (Wildman–Crippen MR) is 89.3 cm³/mol. The van der Waals surface area contributed by atoms with E-state index in [4.69, 9.17) is 4.74 Å². The number of piperidine rings is 1. The Morgan fingerprint density at radius 2 is 1.82 bits per heavy atom. The summed E-state index contributed by atoms with van der Waals surface area (Å²) in [5, 5.41) is 6.36. The summed E-state index contributed by atoms with van der Waals surface area (Å²) in [7, 11) is 0. The fourth-order valence-electron chi connectivity index (χ4n) is 2.58. The molecule has 0 aromatic heterocycles. The number of amides is 1. The number of rotatable bonds is 4. The van der Waals surface area contributed by atoms with Gasteiger partial charge in [-0.25, -0.2) is 0 Å². The van der Waals surface area contributed by atoms with E-state index in [1.54, 1.807) is 6.92 Å². The highest BCUT2D eigenvalue weighted by molar-refractivity contribution is 5.81. The first kappa shape index (κ1) is 16.8. The van der Waals surface area contributed by atoms with Crippen molar-refractivity contribution in [1.82, 2.24) is 10.6 Å². The van der Waals surface area contributed by atoms with E-state index in [2.05, 4.69) is 43.5 Å². The molecule has 0 radical (unpaired) electrons. The van der Waals surface area contributed by atoms with Crippen molar-refractivity contribution in [3.8, 4) is 5.75 Å². The molecule has 0 spiro atoms. The molecule has 1 unspecified atom stereocenters. The van der Waals surface area contributed by atoms with E-state index in [0.29, 0.717) is 0 Å². The summed E-state index contributed by atoms with van der Waals surface area (Å²) in [4.78, 5) is 12.2. The molecular formula is C18H28N2O2. The zero-order valence-corrected chi connectivity index (χ0v) is 14.1. The normalized spacial score (nSPS) is 17.8. The average molecular weight is 304 g/mol. The lowest BCUT2D eigenvalue weighted by Gasteiger charge is -2.25. The molecule has 1 aliphatic heterocycles. The van der Waals surface area contributed by atoms with Crippen LogP contribution >= 0.6 is 0 Å². The molecule has 2 N–H and O–H groups in total. The van der Waals surface area contributed by atoms with Crippen molar-refractivity contribution in [1.29, 1.82) is 0 Å². The minimum atomic E-state index is -0.477. The Bertz CT molecular complexity index is 485. The Labute approximate surface area is 133 Å². The Morgan fingerprint density at radius 1 is 1.23 bits per heavy atom. The quantitative estimate of drug-likeness (QED) is 0.899. The summed E-state index contributed by atoms with van der Waals surface area (Å²) in [6.45, 7) is 10.3. The Balaban J connectivity index is 1.87. The maximum absolute atomic E-state index is 12.2. The lowest BCUT2D eigenvalue weighted by molar-refractivity contribution is -0.128. The highest BCUT2D eigenvalue weighted by Gasteiger charge is 2.21. The van der Waals surface area contributed by atoms with Crippen molar-refractivity contribution >= 4 is 5.91 Å². The second-order valence-electron chi connectivity index (χ2n) is 7.07. The van der Waals surface area contributed by atoms with Crippen LogP contribution in [0.25, 0.3) is 0 Å². The maximum atomic E-state index is 12.2. The molecule has 4 heteroatoms. The van der Waals surface area contributed by atoms with Gasteiger partial charge in [-0.3, -0.25) is 4.79 Å². The van der Waals surface area contributed by atoms with Crippen LogP contribution in [-0.4, -0.2) is 31.1 Å². The molecule has 1 heterocycles. The van der Waals surface area contributed by atoms with Gasteiger partial charge < -0.3 is 15.4 Å². The van der Waals surface area contributed by atoms with Crippen molar-refractivity contribution < 1.29 is 9.53 Å². The summed E-state index contributed by atoms with van der Waals surface area (Å²) in [6, 6.07) is 8.27. The van der Waals surface area contributed by atoms with Crippen LogP contribution in [-0.2, 0) is 10.2 Å². The number of nitrogens with one attached hydrogen (secondary N) is 2. The monoisotopic (exact) mass is 304 g/mol. The Morgan fingerprint density at radius 3 is 2.36 bits per heavy atom. The molecule has 1 saturated heterocycles. The fraction of sp³-hybridized carbons (Fsp3) is 0.611. The third-order valence-electron chi connectivity index (χ3n) is 4.09. The third kappa shape index (κ3) is 4.73. The molecule has 4 nitrogen and oxygen atoms in total. The second kappa shape index (κ2) is 7.14. The molecule has 1 aromatic carbocycles. The van der Waals surface area contributed by atoms with Crippen molar-refractivity contribution in [3.05, 3.63) is 29.8 Å². The van der Waals surface area contributed by atoms with Crippen LogP contribution in [0.2, 0.25) is 0 Å². The summed E-state index contributed by atoms with van der Waals surface area (Å²) in [5.41, 5.74) is 1.38. The smallest absolute Gasteiger partial charge is 0.260 e. The van der Waals surface area contributed by atoms with Gasteiger partial charge in [0.15, 0.2) is 6.10 Å². The molecule has 122 valence electrons.